The molecule has 1 fully saturated rings. The van der Waals surface area contributed by atoms with Crippen molar-refractivity contribution in [2.45, 2.75) is 25.9 Å². The number of hydrogen-bond donors (Lipinski definition) is 0. The average molecular weight is 233 g/mol. The first-order chi connectivity index (χ1) is 8.29. The summed E-state index contributed by atoms with van der Waals surface area (Å²) in [6.45, 7) is 5.16. The summed E-state index contributed by atoms with van der Waals surface area (Å²) in [6.07, 6.45) is 2.15. The lowest BCUT2D eigenvalue weighted by molar-refractivity contribution is 0.00774. The Morgan fingerprint density at radius 1 is 1.41 bits per heavy atom. The van der Waals surface area contributed by atoms with E-state index in [2.05, 4.69) is 11.8 Å². The van der Waals surface area contributed by atoms with Crippen molar-refractivity contribution in [2.75, 3.05) is 19.6 Å². The molecule has 3 nitrogen and oxygen atoms in total. The molecule has 0 N–H and O–H groups in total. The first-order valence-corrected chi connectivity index (χ1v) is 6.28. The summed E-state index contributed by atoms with van der Waals surface area (Å²) in [5.41, 5.74) is 0.640. The van der Waals surface area contributed by atoms with Gasteiger partial charge in [0.05, 0.1) is 5.56 Å². The van der Waals surface area contributed by atoms with Gasteiger partial charge in [0.1, 0.15) is 6.10 Å². The van der Waals surface area contributed by atoms with Gasteiger partial charge in [0.2, 0.25) is 0 Å². The Labute approximate surface area is 102 Å². The van der Waals surface area contributed by atoms with Crippen LogP contribution in [-0.2, 0) is 4.74 Å². The van der Waals surface area contributed by atoms with E-state index in [-0.39, 0.29) is 12.1 Å². The highest BCUT2D eigenvalue weighted by Gasteiger charge is 2.22. The van der Waals surface area contributed by atoms with Gasteiger partial charge in [0.25, 0.3) is 0 Å². The van der Waals surface area contributed by atoms with Gasteiger partial charge < -0.3 is 4.74 Å². The molecule has 1 aromatic rings. The number of rotatable bonds is 3. The molecule has 1 aliphatic rings. The lowest BCUT2D eigenvalue weighted by Crippen LogP contribution is -2.40. The van der Waals surface area contributed by atoms with E-state index in [1.165, 1.54) is 0 Å². The molecule has 0 bridgehead atoms. The van der Waals surface area contributed by atoms with E-state index in [1.807, 2.05) is 18.2 Å². The number of piperidine rings is 1. The standard InChI is InChI=1S/C14H19NO2/c1-2-15-10-6-9-13(11-15)17-14(16)12-7-4-3-5-8-12/h3-5,7-8,13H,2,6,9-11H2,1H3. The van der Waals surface area contributed by atoms with Crippen molar-refractivity contribution in [3.63, 3.8) is 0 Å². The molecule has 0 aromatic heterocycles. The SMILES string of the molecule is CCN1CCCC(OC(=O)c2ccccc2)C1. The monoisotopic (exact) mass is 233 g/mol. The van der Waals surface area contributed by atoms with Gasteiger partial charge in [-0.1, -0.05) is 25.1 Å². The van der Waals surface area contributed by atoms with Crippen LogP contribution in [0.5, 0.6) is 0 Å². The zero-order chi connectivity index (χ0) is 12.1. The quantitative estimate of drug-likeness (QED) is 0.750. The summed E-state index contributed by atoms with van der Waals surface area (Å²) in [7, 11) is 0. The fourth-order valence-electron chi connectivity index (χ4n) is 2.19. The Hall–Kier alpha value is -1.35. The molecule has 1 atom stereocenters. The van der Waals surface area contributed by atoms with Gasteiger partial charge in [-0.25, -0.2) is 4.79 Å². The second-order valence-corrected chi connectivity index (χ2v) is 4.43. The van der Waals surface area contributed by atoms with Crippen molar-refractivity contribution in [1.82, 2.24) is 4.90 Å². The molecule has 1 aromatic carbocycles. The maximum Gasteiger partial charge on any atom is 0.338 e. The minimum Gasteiger partial charge on any atom is -0.457 e. The predicted octanol–water partition coefficient (Wildman–Crippen LogP) is 2.33. The van der Waals surface area contributed by atoms with Crippen LogP contribution in [0.3, 0.4) is 0 Å². The third-order valence-electron chi connectivity index (χ3n) is 3.19. The van der Waals surface area contributed by atoms with E-state index in [1.54, 1.807) is 12.1 Å². The highest BCUT2D eigenvalue weighted by atomic mass is 16.5. The van der Waals surface area contributed by atoms with Gasteiger partial charge in [-0.05, 0) is 38.1 Å². The zero-order valence-electron chi connectivity index (χ0n) is 10.3. The molecule has 1 unspecified atom stereocenters. The summed E-state index contributed by atoms with van der Waals surface area (Å²) in [5.74, 6) is -0.200. The van der Waals surface area contributed by atoms with Crippen molar-refractivity contribution in [3.8, 4) is 0 Å². The van der Waals surface area contributed by atoms with E-state index < -0.39 is 0 Å². The van der Waals surface area contributed by atoms with Gasteiger partial charge >= 0.3 is 5.97 Å². The predicted molar refractivity (Wildman–Crippen MR) is 67.0 cm³/mol. The number of carbonyl (C=O) groups excluding carboxylic acids is 1. The molecule has 0 amide bonds. The largest absolute Gasteiger partial charge is 0.457 e. The van der Waals surface area contributed by atoms with Gasteiger partial charge in [-0.2, -0.15) is 0 Å². The summed E-state index contributed by atoms with van der Waals surface area (Å²) < 4.78 is 5.53. The average Bonchev–Trinajstić information content (AvgIpc) is 2.40. The molecule has 2 rings (SSSR count). The van der Waals surface area contributed by atoms with Crippen molar-refractivity contribution in [1.29, 1.82) is 0 Å². The number of nitrogens with zero attached hydrogens (tertiary/aromatic N) is 1. The fraction of sp³-hybridized carbons (Fsp3) is 0.500. The topological polar surface area (TPSA) is 29.5 Å². The van der Waals surface area contributed by atoms with Gasteiger partial charge in [-0.15, -0.1) is 0 Å². The van der Waals surface area contributed by atoms with Crippen LogP contribution in [0, 0.1) is 0 Å². The van der Waals surface area contributed by atoms with E-state index >= 15 is 0 Å². The Balaban J connectivity index is 1.90. The third-order valence-corrected chi connectivity index (χ3v) is 3.19. The van der Waals surface area contributed by atoms with Crippen LogP contribution in [0.4, 0.5) is 0 Å². The van der Waals surface area contributed by atoms with Crippen molar-refractivity contribution in [2.24, 2.45) is 0 Å². The second kappa shape index (κ2) is 5.82. The molecule has 1 saturated heterocycles. The number of hydrogen-bond acceptors (Lipinski definition) is 3. The van der Waals surface area contributed by atoms with Crippen molar-refractivity contribution in [3.05, 3.63) is 35.9 Å². The molecule has 92 valence electrons. The number of esters is 1. The molecular weight excluding hydrogens is 214 g/mol. The van der Waals surface area contributed by atoms with E-state index in [4.69, 9.17) is 4.74 Å². The van der Waals surface area contributed by atoms with E-state index in [0.717, 1.165) is 32.5 Å². The number of benzene rings is 1. The maximum atomic E-state index is 11.9. The molecular formula is C14H19NO2. The van der Waals surface area contributed by atoms with E-state index in [0.29, 0.717) is 5.56 Å². The zero-order valence-corrected chi connectivity index (χ0v) is 10.3. The van der Waals surface area contributed by atoms with Gasteiger partial charge in [0, 0.05) is 6.54 Å². The fourth-order valence-corrected chi connectivity index (χ4v) is 2.19. The van der Waals surface area contributed by atoms with Crippen LogP contribution >= 0.6 is 0 Å². The third kappa shape index (κ3) is 3.30. The number of likely N-dealkylation sites (tertiary alicyclic amines) is 1. The number of likely N-dealkylation sites (N-methyl/N-ethyl adjacent to an activating group) is 1. The Morgan fingerprint density at radius 2 is 2.18 bits per heavy atom. The normalized spacial score (nSPS) is 21.1. The summed E-state index contributed by atoms with van der Waals surface area (Å²) in [5, 5.41) is 0. The minimum absolute atomic E-state index is 0.0522. The molecule has 0 aliphatic carbocycles. The molecule has 3 heteroatoms. The van der Waals surface area contributed by atoms with Crippen LogP contribution in [0.2, 0.25) is 0 Å². The minimum atomic E-state index is -0.200. The number of ether oxygens (including phenoxy) is 1. The van der Waals surface area contributed by atoms with Crippen molar-refractivity contribution >= 4 is 5.97 Å². The first-order valence-electron chi connectivity index (χ1n) is 6.28. The molecule has 0 spiro atoms. The molecule has 17 heavy (non-hydrogen) atoms. The van der Waals surface area contributed by atoms with Crippen LogP contribution in [0.1, 0.15) is 30.1 Å². The van der Waals surface area contributed by atoms with Crippen LogP contribution in [-0.4, -0.2) is 36.6 Å². The van der Waals surface area contributed by atoms with Crippen LogP contribution in [0.25, 0.3) is 0 Å². The van der Waals surface area contributed by atoms with Crippen molar-refractivity contribution < 1.29 is 9.53 Å². The second-order valence-electron chi connectivity index (χ2n) is 4.43. The van der Waals surface area contributed by atoms with Crippen LogP contribution in [0.15, 0.2) is 30.3 Å². The molecule has 0 saturated carbocycles. The van der Waals surface area contributed by atoms with Crippen LogP contribution < -0.4 is 0 Å². The smallest absolute Gasteiger partial charge is 0.338 e. The highest BCUT2D eigenvalue weighted by molar-refractivity contribution is 5.89. The number of carbonyl (C=O) groups is 1. The van der Waals surface area contributed by atoms with Gasteiger partial charge in [0.15, 0.2) is 0 Å². The lowest BCUT2D eigenvalue weighted by Gasteiger charge is -2.31. The first kappa shape index (κ1) is 12.1. The molecule has 0 radical (unpaired) electrons. The maximum absolute atomic E-state index is 11.9. The molecule has 1 heterocycles. The Kier molecular flexibility index (Phi) is 4.15. The highest BCUT2D eigenvalue weighted by Crippen LogP contribution is 2.14. The Bertz CT molecular complexity index is 364. The summed E-state index contributed by atoms with van der Waals surface area (Å²) in [4.78, 5) is 14.2. The lowest BCUT2D eigenvalue weighted by atomic mass is 10.1. The molecule has 1 aliphatic heterocycles. The van der Waals surface area contributed by atoms with Gasteiger partial charge in [-0.3, -0.25) is 4.90 Å². The summed E-state index contributed by atoms with van der Waals surface area (Å²) in [6, 6.07) is 9.20. The Morgan fingerprint density at radius 3 is 2.88 bits per heavy atom. The van der Waals surface area contributed by atoms with E-state index in [9.17, 15) is 4.79 Å². The summed E-state index contributed by atoms with van der Waals surface area (Å²) >= 11 is 0.